The number of halogens is 1. The SMILES string of the molecule is CN1C(=O)COc2c(OCC(=O)NC34CCC(NC(=O)OC(C)(C)C)(CC3)[C@@H](O)C4)cc(Cl)cc21. The number of nitrogens with zero attached hydrogens (tertiary/aromatic N) is 1. The lowest BCUT2D eigenvalue weighted by Crippen LogP contribution is -2.70. The van der Waals surface area contributed by atoms with Gasteiger partial charge in [0.1, 0.15) is 5.60 Å². The minimum Gasteiger partial charge on any atom is -0.480 e. The molecule has 192 valence electrons. The number of anilines is 1. The quantitative estimate of drug-likeness (QED) is 0.556. The maximum Gasteiger partial charge on any atom is 0.408 e. The second-order valence-electron chi connectivity index (χ2n) is 10.6. The van der Waals surface area contributed by atoms with Crippen LogP contribution in [-0.2, 0) is 14.3 Å². The molecular formula is C24H32ClN3O7. The Kier molecular flexibility index (Phi) is 6.56. The Morgan fingerprint density at radius 3 is 2.54 bits per heavy atom. The molecule has 3 saturated carbocycles. The summed E-state index contributed by atoms with van der Waals surface area (Å²) in [5.41, 5.74) is -1.50. The number of rotatable bonds is 5. The third-order valence-corrected chi connectivity index (χ3v) is 7.13. The van der Waals surface area contributed by atoms with E-state index in [0.29, 0.717) is 48.6 Å². The van der Waals surface area contributed by atoms with Crippen LogP contribution < -0.4 is 25.0 Å². The Morgan fingerprint density at radius 2 is 1.91 bits per heavy atom. The van der Waals surface area contributed by atoms with Gasteiger partial charge in [-0.05, 0) is 58.9 Å². The van der Waals surface area contributed by atoms with E-state index in [-0.39, 0.29) is 30.8 Å². The molecule has 4 aliphatic rings. The Hall–Kier alpha value is -2.72. The number of aliphatic hydroxyl groups excluding tert-OH is 1. The normalized spacial score (nSPS) is 27.5. The number of carbonyl (C=O) groups is 3. The molecule has 1 aliphatic heterocycles. The zero-order chi connectivity index (χ0) is 25.6. The molecule has 0 unspecified atom stereocenters. The van der Waals surface area contributed by atoms with Gasteiger partial charge in [-0.15, -0.1) is 0 Å². The second-order valence-corrected chi connectivity index (χ2v) is 11.1. The molecule has 1 aromatic rings. The number of ether oxygens (including phenoxy) is 3. The van der Waals surface area contributed by atoms with Gasteiger partial charge in [-0.25, -0.2) is 4.79 Å². The van der Waals surface area contributed by atoms with Gasteiger partial charge in [0.25, 0.3) is 11.8 Å². The predicted molar refractivity (Wildman–Crippen MR) is 128 cm³/mol. The largest absolute Gasteiger partial charge is 0.480 e. The third-order valence-electron chi connectivity index (χ3n) is 6.91. The van der Waals surface area contributed by atoms with Crippen LogP contribution in [0.25, 0.3) is 0 Å². The molecule has 2 bridgehead atoms. The van der Waals surface area contributed by atoms with Crippen molar-refractivity contribution in [2.45, 2.75) is 75.7 Å². The number of hydrogen-bond donors (Lipinski definition) is 3. The highest BCUT2D eigenvalue weighted by atomic mass is 35.5. The van der Waals surface area contributed by atoms with E-state index in [0.717, 1.165) is 0 Å². The number of aliphatic hydroxyl groups is 1. The van der Waals surface area contributed by atoms with Gasteiger partial charge >= 0.3 is 6.09 Å². The van der Waals surface area contributed by atoms with Gasteiger partial charge in [0.05, 0.1) is 17.3 Å². The van der Waals surface area contributed by atoms with Gasteiger partial charge in [0.15, 0.2) is 24.7 Å². The summed E-state index contributed by atoms with van der Waals surface area (Å²) >= 11 is 6.18. The average Bonchev–Trinajstić information content (AvgIpc) is 2.75. The van der Waals surface area contributed by atoms with Gasteiger partial charge in [0, 0.05) is 23.7 Å². The van der Waals surface area contributed by atoms with Crippen molar-refractivity contribution in [3.63, 3.8) is 0 Å². The summed E-state index contributed by atoms with van der Waals surface area (Å²) in [5.74, 6) is 0.0623. The van der Waals surface area contributed by atoms with Crippen molar-refractivity contribution in [2.24, 2.45) is 0 Å². The molecule has 1 heterocycles. The Morgan fingerprint density at radius 1 is 1.23 bits per heavy atom. The number of alkyl carbamates (subject to hydrolysis) is 1. The molecule has 1 atom stereocenters. The van der Waals surface area contributed by atoms with Crippen LogP contribution in [0.4, 0.5) is 10.5 Å². The van der Waals surface area contributed by atoms with E-state index < -0.39 is 28.9 Å². The first kappa shape index (κ1) is 25.4. The van der Waals surface area contributed by atoms with Gasteiger partial charge in [-0.1, -0.05) is 11.6 Å². The number of nitrogens with one attached hydrogen (secondary N) is 2. The van der Waals surface area contributed by atoms with Gasteiger partial charge < -0.3 is 34.9 Å². The van der Waals surface area contributed by atoms with Crippen LogP contribution in [0.2, 0.25) is 5.02 Å². The summed E-state index contributed by atoms with van der Waals surface area (Å²) in [7, 11) is 1.62. The Labute approximate surface area is 209 Å². The maximum atomic E-state index is 12.8. The van der Waals surface area contributed by atoms with E-state index in [4.69, 9.17) is 25.8 Å². The lowest BCUT2D eigenvalue weighted by atomic mass is 9.60. The van der Waals surface area contributed by atoms with E-state index in [1.165, 1.54) is 11.0 Å². The van der Waals surface area contributed by atoms with Crippen molar-refractivity contribution < 1.29 is 33.7 Å². The summed E-state index contributed by atoms with van der Waals surface area (Å²) < 4.78 is 16.6. The first-order valence-electron chi connectivity index (χ1n) is 11.7. The minimum absolute atomic E-state index is 0.131. The second kappa shape index (κ2) is 9.05. The van der Waals surface area contributed by atoms with Crippen LogP contribution in [0.15, 0.2) is 12.1 Å². The van der Waals surface area contributed by atoms with E-state index in [9.17, 15) is 19.5 Å². The third kappa shape index (κ3) is 5.28. The number of likely N-dealkylation sites (N-methyl/N-ethyl adjacent to an activating group) is 1. The molecule has 1 aromatic carbocycles. The summed E-state index contributed by atoms with van der Waals surface area (Å²) in [5, 5.41) is 17.1. The van der Waals surface area contributed by atoms with Crippen molar-refractivity contribution >= 4 is 35.2 Å². The maximum absolute atomic E-state index is 12.8. The van der Waals surface area contributed by atoms with E-state index in [1.807, 2.05) is 0 Å². The van der Waals surface area contributed by atoms with E-state index >= 15 is 0 Å². The molecular weight excluding hydrogens is 478 g/mol. The van der Waals surface area contributed by atoms with Crippen LogP contribution in [0, 0.1) is 0 Å². The first-order valence-corrected chi connectivity index (χ1v) is 12.1. The predicted octanol–water partition coefficient (Wildman–Crippen LogP) is 2.53. The summed E-state index contributed by atoms with van der Waals surface area (Å²) in [6.45, 7) is 4.94. The van der Waals surface area contributed by atoms with Crippen molar-refractivity contribution in [3.8, 4) is 11.5 Å². The molecule has 3 N–H and O–H groups in total. The van der Waals surface area contributed by atoms with E-state index in [2.05, 4.69) is 10.6 Å². The van der Waals surface area contributed by atoms with Crippen molar-refractivity contribution in [1.82, 2.24) is 10.6 Å². The zero-order valence-electron chi connectivity index (χ0n) is 20.4. The molecule has 11 heteroatoms. The van der Waals surface area contributed by atoms with Crippen LogP contribution >= 0.6 is 11.6 Å². The number of carbonyl (C=O) groups excluding carboxylic acids is 3. The smallest absolute Gasteiger partial charge is 0.408 e. The average molecular weight is 510 g/mol. The van der Waals surface area contributed by atoms with Crippen LogP contribution in [0.3, 0.4) is 0 Å². The van der Waals surface area contributed by atoms with Gasteiger partial charge in [-0.3, -0.25) is 9.59 Å². The molecule has 3 fully saturated rings. The highest BCUT2D eigenvalue weighted by molar-refractivity contribution is 6.31. The molecule has 3 amide bonds. The minimum atomic E-state index is -0.819. The number of fused-ring (bicyclic) bond motifs is 4. The lowest BCUT2D eigenvalue weighted by molar-refractivity contribution is -0.130. The first-order chi connectivity index (χ1) is 16.3. The van der Waals surface area contributed by atoms with Crippen LogP contribution in [-0.4, -0.2) is 66.1 Å². The molecule has 0 saturated heterocycles. The van der Waals surface area contributed by atoms with Crippen molar-refractivity contribution in [3.05, 3.63) is 17.2 Å². The van der Waals surface area contributed by atoms with E-state index in [1.54, 1.807) is 33.9 Å². The summed E-state index contributed by atoms with van der Waals surface area (Å²) in [4.78, 5) is 38.5. The monoisotopic (exact) mass is 509 g/mol. The topological polar surface area (TPSA) is 126 Å². The standard InChI is InChI=1S/C24H32ClN3O7/c1-22(2,3)35-21(32)27-24-7-5-23(6-8-24,11-17(24)29)26-18(30)12-33-16-10-14(25)9-15-20(16)34-13-19(31)28(15)4/h9-10,17,29H,5-8,11-13H2,1-4H3,(H,26,30)(H,27,32)/t17-,23?,24?/m0/s1. The molecule has 35 heavy (non-hydrogen) atoms. The van der Waals surface area contributed by atoms with Gasteiger partial charge in [-0.2, -0.15) is 0 Å². The van der Waals surface area contributed by atoms with Crippen molar-refractivity contribution in [2.75, 3.05) is 25.2 Å². The molecule has 0 aromatic heterocycles. The molecule has 0 spiro atoms. The highest BCUT2D eigenvalue weighted by Crippen LogP contribution is 2.47. The zero-order valence-corrected chi connectivity index (χ0v) is 21.2. The fraction of sp³-hybridized carbons (Fsp3) is 0.625. The molecule has 10 nitrogen and oxygen atoms in total. The van der Waals surface area contributed by atoms with Crippen LogP contribution in [0.5, 0.6) is 11.5 Å². The molecule has 0 radical (unpaired) electrons. The Bertz CT molecular complexity index is 1030. The summed E-state index contributed by atoms with van der Waals surface area (Å²) in [6.07, 6.45) is 1.19. The number of hydrogen-bond acceptors (Lipinski definition) is 7. The summed E-state index contributed by atoms with van der Waals surface area (Å²) in [6, 6.07) is 3.14. The molecule has 5 rings (SSSR count). The van der Waals surface area contributed by atoms with Crippen molar-refractivity contribution in [1.29, 1.82) is 0 Å². The molecule has 3 aliphatic carbocycles. The van der Waals surface area contributed by atoms with Gasteiger partial charge in [0.2, 0.25) is 0 Å². The van der Waals surface area contributed by atoms with Crippen LogP contribution in [0.1, 0.15) is 52.9 Å². The fourth-order valence-electron chi connectivity index (χ4n) is 5.07. The number of benzene rings is 1. The Balaban J connectivity index is 1.36. The lowest BCUT2D eigenvalue weighted by Gasteiger charge is -2.56. The number of amides is 3. The highest BCUT2D eigenvalue weighted by Gasteiger charge is 2.55. The fourth-order valence-corrected chi connectivity index (χ4v) is 5.27.